The molecule has 2 rings (SSSR count). The Bertz CT molecular complexity index is 393. The Balaban J connectivity index is 2.12. The number of anilines is 1. The topological polar surface area (TPSA) is 23.6 Å². The standard InChI is InChI=1S/C15H22N2O/c1-3-17(14-9-7-13(2)8-10-14)15(18)16-11-5-4-6-12-16/h7-10H,3-6,11-12H2,1-2H3. The minimum Gasteiger partial charge on any atom is -0.324 e. The molecule has 0 unspecified atom stereocenters. The van der Waals surface area contributed by atoms with Crippen LogP contribution in [0.15, 0.2) is 24.3 Å². The van der Waals surface area contributed by atoms with E-state index in [2.05, 4.69) is 19.1 Å². The van der Waals surface area contributed by atoms with Crippen molar-refractivity contribution in [2.24, 2.45) is 0 Å². The fraction of sp³-hybridized carbons (Fsp3) is 0.533. The number of carbonyl (C=O) groups is 1. The molecule has 0 spiro atoms. The van der Waals surface area contributed by atoms with Gasteiger partial charge in [-0.1, -0.05) is 17.7 Å². The normalized spacial score (nSPS) is 15.6. The average molecular weight is 246 g/mol. The molecular formula is C15H22N2O. The minimum absolute atomic E-state index is 0.154. The Morgan fingerprint density at radius 1 is 1.17 bits per heavy atom. The molecule has 1 aliphatic heterocycles. The van der Waals surface area contributed by atoms with Crippen LogP contribution in [0, 0.1) is 6.92 Å². The van der Waals surface area contributed by atoms with Crippen molar-refractivity contribution < 1.29 is 4.79 Å². The second-order valence-corrected chi connectivity index (χ2v) is 4.91. The maximum atomic E-state index is 12.5. The van der Waals surface area contributed by atoms with Gasteiger partial charge in [0, 0.05) is 25.3 Å². The molecule has 1 saturated heterocycles. The number of benzene rings is 1. The Hall–Kier alpha value is -1.51. The van der Waals surface area contributed by atoms with Crippen molar-refractivity contribution in [2.75, 3.05) is 24.5 Å². The van der Waals surface area contributed by atoms with E-state index in [-0.39, 0.29) is 6.03 Å². The van der Waals surface area contributed by atoms with Crippen LogP contribution in [0.25, 0.3) is 0 Å². The number of rotatable bonds is 2. The predicted octanol–water partition coefficient (Wildman–Crippen LogP) is 3.43. The maximum Gasteiger partial charge on any atom is 0.324 e. The molecule has 0 radical (unpaired) electrons. The molecular weight excluding hydrogens is 224 g/mol. The number of urea groups is 1. The minimum atomic E-state index is 0.154. The molecule has 0 atom stereocenters. The summed E-state index contributed by atoms with van der Waals surface area (Å²) >= 11 is 0. The summed E-state index contributed by atoms with van der Waals surface area (Å²) in [6.07, 6.45) is 3.52. The van der Waals surface area contributed by atoms with Crippen molar-refractivity contribution in [1.29, 1.82) is 0 Å². The zero-order valence-electron chi connectivity index (χ0n) is 11.4. The first kappa shape index (κ1) is 12.9. The molecule has 2 amide bonds. The van der Waals surface area contributed by atoms with Crippen molar-refractivity contribution >= 4 is 11.7 Å². The molecule has 1 heterocycles. The van der Waals surface area contributed by atoms with Gasteiger partial charge < -0.3 is 4.90 Å². The van der Waals surface area contributed by atoms with Gasteiger partial charge in [0.2, 0.25) is 0 Å². The molecule has 98 valence electrons. The predicted molar refractivity (Wildman–Crippen MR) is 75.0 cm³/mol. The Labute approximate surface area is 109 Å². The van der Waals surface area contributed by atoms with E-state index in [9.17, 15) is 4.79 Å². The van der Waals surface area contributed by atoms with Gasteiger partial charge in [0.05, 0.1) is 0 Å². The number of carbonyl (C=O) groups excluding carboxylic acids is 1. The summed E-state index contributed by atoms with van der Waals surface area (Å²) in [5, 5.41) is 0. The monoisotopic (exact) mass is 246 g/mol. The lowest BCUT2D eigenvalue weighted by molar-refractivity contribution is 0.193. The van der Waals surface area contributed by atoms with Crippen molar-refractivity contribution in [3.8, 4) is 0 Å². The first-order valence-electron chi connectivity index (χ1n) is 6.85. The van der Waals surface area contributed by atoms with Gasteiger partial charge in [-0.3, -0.25) is 4.90 Å². The third-order valence-electron chi connectivity index (χ3n) is 3.52. The number of amides is 2. The number of hydrogen-bond donors (Lipinski definition) is 0. The van der Waals surface area contributed by atoms with Gasteiger partial charge in [-0.2, -0.15) is 0 Å². The summed E-state index contributed by atoms with van der Waals surface area (Å²) in [7, 11) is 0. The zero-order chi connectivity index (χ0) is 13.0. The Morgan fingerprint density at radius 3 is 2.33 bits per heavy atom. The van der Waals surface area contributed by atoms with Crippen molar-refractivity contribution in [2.45, 2.75) is 33.1 Å². The van der Waals surface area contributed by atoms with Crippen LogP contribution >= 0.6 is 0 Å². The lowest BCUT2D eigenvalue weighted by Crippen LogP contribution is -2.45. The lowest BCUT2D eigenvalue weighted by atomic mass is 10.1. The highest BCUT2D eigenvalue weighted by Gasteiger charge is 2.22. The number of piperidine rings is 1. The highest BCUT2D eigenvalue weighted by Crippen LogP contribution is 2.19. The van der Waals surface area contributed by atoms with E-state index in [1.807, 2.05) is 28.9 Å². The van der Waals surface area contributed by atoms with E-state index in [0.717, 1.165) is 38.2 Å². The van der Waals surface area contributed by atoms with E-state index in [0.29, 0.717) is 0 Å². The molecule has 1 aromatic carbocycles. The smallest absolute Gasteiger partial charge is 0.324 e. The molecule has 0 bridgehead atoms. The zero-order valence-corrected chi connectivity index (χ0v) is 11.4. The van der Waals surface area contributed by atoms with Gasteiger partial charge in [0.1, 0.15) is 0 Å². The molecule has 3 heteroatoms. The summed E-state index contributed by atoms with van der Waals surface area (Å²) in [6.45, 7) is 6.62. The number of hydrogen-bond acceptors (Lipinski definition) is 1. The van der Waals surface area contributed by atoms with Gasteiger partial charge >= 0.3 is 6.03 Å². The highest BCUT2D eigenvalue weighted by molar-refractivity contribution is 5.92. The largest absolute Gasteiger partial charge is 0.324 e. The number of aryl methyl sites for hydroxylation is 1. The van der Waals surface area contributed by atoms with Gasteiger partial charge in [0.15, 0.2) is 0 Å². The van der Waals surface area contributed by atoms with Gasteiger partial charge in [-0.15, -0.1) is 0 Å². The summed E-state index contributed by atoms with van der Waals surface area (Å²) in [6, 6.07) is 8.32. The van der Waals surface area contributed by atoms with E-state index >= 15 is 0 Å². The SMILES string of the molecule is CCN(C(=O)N1CCCCC1)c1ccc(C)cc1. The first-order valence-corrected chi connectivity index (χ1v) is 6.85. The second kappa shape index (κ2) is 5.89. The first-order chi connectivity index (χ1) is 8.72. The van der Waals surface area contributed by atoms with Gasteiger partial charge in [-0.05, 0) is 45.2 Å². The van der Waals surface area contributed by atoms with E-state index in [4.69, 9.17) is 0 Å². The molecule has 0 aromatic heterocycles. The summed E-state index contributed by atoms with van der Waals surface area (Å²) < 4.78 is 0. The van der Waals surface area contributed by atoms with Gasteiger partial charge in [-0.25, -0.2) is 4.79 Å². The lowest BCUT2D eigenvalue weighted by Gasteiger charge is -2.32. The highest BCUT2D eigenvalue weighted by atomic mass is 16.2. The third kappa shape index (κ3) is 2.84. The van der Waals surface area contributed by atoms with Crippen LogP contribution in [0.4, 0.5) is 10.5 Å². The van der Waals surface area contributed by atoms with Crippen LogP contribution in [0.2, 0.25) is 0 Å². The number of nitrogens with zero attached hydrogens (tertiary/aromatic N) is 2. The second-order valence-electron chi connectivity index (χ2n) is 4.91. The molecule has 0 aliphatic carbocycles. The number of likely N-dealkylation sites (tertiary alicyclic amines) is 1. The fourth-order valence-electron chi connectivity index (χ4n) is 2.41. The fourth-order valence-corrected chi connectivity index (χ4v) is 2.41. The van der Waals surface area contributed by atoms with Crippen LogP contribution in [-0.2, 0) is 0 Å². The van der Waals surface area contributed by atoms with Gasteiger partial charge in [0.25, 0.3) is 0 Å². The van der Waals surface area contributed by atoms with Crippen LogP contribution in [0.3, 0.4) is 0 Å². The Morgan fingerprint density at radius 2 is 1.78 bits per heavy atom. The molecule has 1 aromatic rings. The summed E-state index contributed by atoms with van der Waals surface area (Å²) in [4.78, 5) is 16.3. The maximum absolute atomic E-state index is 12.5. The van der Waals surface area contributed by atoms with Crippen LogP contribution in [0.1, 0.15) is 31.7 Å². The third-order valence-corrected chi connectivity index (χ3v) is 3.52. The molecule has 0 N–H and O–H groups in total. The molecule has 3 nitrogen and oxygen atoms in total. The van der Waals surface area contributed by atoms with Crippen molar-refractivity contribution in [3.63, 3.8) is 0 Å². The molecule has 0 saturated carbocycles. The van der Waals surface area contributed by atoms with Crippen LogP contribution in [0.5, 0.6) is 0 Å². The van der Waals surface area contributed by atoms with Crippen LogP contribution in [-0.4, -0.2) is 30.6 Å². The quantitative estimate of drug-likeness (QED) is 0.784. The molecule has 1 aliphatic rings. The summed E-state index contributed by atoms with van der Waals surface area (Å²) in [5.74, 6) is 0. The van der Waals surface area contributed by atoms with E-state index < -0.39 is 0 Å². The van der Waals surface area contributed by atoms with E-state index in [1.165, 1.54) is 12.0 Å². The van der Waals surface area contributed by atoms with Crippen molar-refractivity contribution in [1.82, 2.24) is 4.90 Å². The molecule has 1 fully saturated rings. The van der Waals surface area contributed by atoms with Crippen molar-refractivity contribution in [3.05, 3.63) is 29.8 Å². The average Bonchev–Trinajstić information content (AvgIpc) is 2.42. The van der Waals surface area contributed by atoms with Crippen LogP contribution < -0.4 is 4.90 Å². The Kier molecular flexibility index (Phi) is 4.24. The summed E-state index contributed by atoms with van der Waals surface area (Å²) in [5.41, 5.74) is 2.22. The molecule has 18 heavy (non-hydrogen) atoms. The van der Waals surface area contributed by atoms with E-state index in [1.54, 1.807) is 0 Å².